The lowest BCUT2D eigenvalue weighted by Crippen LogP contribution is -2.47. The number of hydrogen-bond acceptors (Lipinski definition) is 3. The summed E-state index contributed by atoms with van der Waals surface area (Å²) in [7, 11) is 2.23. The average Bonchev–Trinajstić information content (AvgIpc) is 2.15. The second-order valence-corrected chi connectivity index (χ2v) is 5.90. The third kappa shape index (κ3) is 6.13. The largest absolute Gasteiger partial charge is 0.314 e. The molecule has 15 heavy (non-hydrogen) atoms. The smallest absolute Gasteiger partial charge is 0.0504 e. The van der Waals surface area contributed by atoms with E-state index in [9.17, 15) is 0 Å². The van der Waals surface area contributed by atoms with E-state index in [1.165, 1.54) is 26.1 Å². The van der Waals surface area contributed by atoms with E-state index in [-0.39, 0.29) is 0 Å². The molecular weight excluding hydrogens is 186 g/mol. The average molecular weight is 213 g/mol. The Morgan fingerprint density at radius 2 is 1.80 bits per heavy atom. The number of hydrogen-bond donors (Lipinski definition) is 1. The van der Waals surface area contributed by atoms with Gasteiger partial charge in [0.1, 0.15) is 0 Å². The molecular formula is C12H27N3. The van der Waals surface area contributed by atoms with Gasteiger partial charge in [0.05, 0.1) is 6.67 Å². The van der Waals surface area contributed by atoms with Crippen LogP contribution in [0, 0.1) is 5.41 Å². The van der Waals surface area contributed by atoms with Gasteiger partial charge in [-0.25, -0.2) is 0 Å². The highest BCUT2D eigenvalue weighted by Gasteiger charge is 2.14. The molecule has 1 N–H and O–H groups in total. The van der Waals surface area contributed by atoms with Crippen LogP contribution in [0.1, 0.15) is 27.2 Å². The fraction of sp³-hybridized carbons (Fsp3) is 1.00. The molecule has 1 saturated heterocycles. The molecule has 1 fully saturated rings. The highest BCUT2D eigenvalue weighted by atomic mass is 15.3. The Morgan fingerprint density at radius 3 is 2.33 bits per heavy atom. The second-order valence-electron chi connectivity index (χ2n) is 5.90. The number of piperazine rings is 1. The van der Waals surface area contributed by atoms with Crippen molar-refractivity contribution in [2.45, 2.75) is 27.2 Å². The Balaban J connectivity index is 2.14. The van der Waals surface area contributed by atoms with Crippen LogP contribution >= 0.6 is 0 Å². The molecule has 90 valence electrons. The maximum Gasteiger partial charge on any atom is 0.0504 e. The Labute approximate surface area is 94.8 Å². The normalized spacial score (nSPS) is 19.8. The summed E-state index contributed by atoms with van der Waals surface area (Å²) < 4.78 is 0. The van der Waals surface area contributed by atoms with E-state index in [1.807, 2.05) is 0 Å². The Kier molecular flexibility index (Phi) is 5.03. The van der Waals surface area contributed by atoms with Crippen molar-refractivity contribution in [2.75, 3.05) is 46.4 Å². The minimum Gasteiger partial charge on any atom is -0.314 e. The summed E-state index contributed by atoms with van der Waals surface area (Å²) in [6.07, 6.45) is 1.27. The van der Waals surface area contributed by atoms with Crippen molar-refractivity contribution >= 4 is 0 Å². The number of nitrogens with one attached hydrogen (secondary N) is 1. The molecule has 0 aromatic carbocycles. The molecule has 0 saturated carbocycles. The topological polar surface area (TPSA) is 18.5 Å². The SMILES string of the molecule is CN(CCC(C)(C)C)CN1CCNCC1. The molecule has 0 aliphatic carbocycles. The van der Waals surface area contributed by atoms with Crippen LogP contribution in [0.15, 0.2) is 0 Å². The third-order valence-electron chi connectivity index (χ3n) is 2.89. The molecule has 0 amide bonds. The first-order valence-electron chi connectivity index (χ1n) is 6.09. The predicted molar refractivity (Wildman–Crippen MR) is 66.0 cm³/mol. The minimum atomic E-state index is 0.456. The van der Waals surface area contributed by atoms with Crippen molar-refractivity contribution in [1.82, 2.24) is 15.1 Å². The first-order chi connectivity index (χ1) is 6.97. The highest BCUT2D eigenvalue weighted by Crippen LogP contribution is 2.18. The van der Waals surface area contributed by atoms with E-state index in [2.05, 4.69) is 42.9 Å². The molecule has 0 bridgehead atoms. The standard InChI is InChI=1S/C12H27N3/c1-12(2,3)5-8-14(4)11-15-9-6-13-7-10-15/h13H,5-11H2,1-4H3. The molecule has 3 heteroatoms. The monoisotopic (exact) mass is 213 g/mol. The van der Waals surface area contributed by atoms with Crippen LogP contribution in [-0.4, -0.2) is 56.2 Å². The summed E-state index contributed by atoms with van der Waals surface area (Å²) in [4.78, 5) is 4.97. The van der Waals surface area contributed by atoms with Gasteiger partial charge in [0.15, 0.2) is 0 Å². The predicted octanol–water partition coefficient (Wildman–Crippen LogP) is 1.22. The van der Waals surface area contributed by atoms with Crippen LogP contribution in [0.4, 0.5) is 0 Å². The van der Waals surface area contributed by atoms with Gasteiger partial charge in [-0.3, -0.25) is 9.80 Å². The molecule has 1 aliphatic heterocycles. The summed E-state index contributed by atoms with van der Waals surface area (Å²) in [5, 5.41) is 3.38. The first-order valence-corrected chi connectivity index (χ1v) is 6.09. The Bertz CT molecular complexity index is 168. The molecule has 1 aliphatic rings. The summed E-state index contributed by atoms with van der Waals surface area (Å²) in [6.45, 7) is 13.9. The number of nitrogens with zero attached hydrogens (tertiary/aromatic N) is 2. The van der Waals surface area contributed by atoms with Crippen LogP contribution in [0.3, 0.4) is 0 Å². The van der Waals surface area contributed by atoms with E-state index >= 15 is 0 Å². The zero-order valence-corrected chi connectivity index (χ0v) is 10.8. The van der Waals surface area contributed by atoms with Crippen molar-refractivity contribution < 1.29 is 0 Å². The highest BCUT2D eigenvalue weighted by molar-refractivity contribution is 4.69. The zero-order valence-electron chi connectivity index (χ0n) is 10.8. The van der Waals surface area contributed by atoms with Crippen molar-refractivity contribution in [2.24, 2.45) is 5.41 Å². The van der Waals surface area contributed by atoms with Gasteiger partial charge >= 0.3 is 0 Å². The molecule has 0 radical (unpaired) electrons. The summed E-state index contributed by atoms with van der Waals surface area (Å²) in [5.74, 6) is 0. The van der Waals surface area contributed by atoms with Gasteiger partial charge in [-0.2, -0.15) is 0 Å². The van der Waals surface area contributed by atoms with Gasteiger partial charge in [-0.15, -0.1) is 0 Å². The maximum atomic E-state index is 3.38. The molecule has 1 rings (SSSR count). The van der Waals surface area contributed by atoms with Crippen LogP contribution < -0.4 is 5.32 Å². The van der Waals surface area contributed by atoms with E-state index < -0.39 is 0 Å². The summed E-state index contributed by atoms with van der Waals surface area (Å²) >= 11 is 0. The van der Waals surface area contributed by atoms with Gasteiger partial charge in [0.25, 0.3) is 0 Å². The number of rotatable bonds is 4. The molecule has 1 heterocycles. The van der Waals surface area contributed by atoms with Crippen LogP contribution in [0.2, 0.25) is 0 Å². The van der Waals surface area contributed by atoms with Crippen molar-refractivity contribution in [3.63, 3.8) is 0 Å². The van der Waals surface area contributed by atoms with Crippen LogP contribution in [-0.2, 0) is 0 Å². The lowest BCUT2D eigenvalue weighted by molar-refractivity contribution is 0.129. The minimum absolute atomic E-state index is 0.456. The summed E-state index contributed by atoms with van der Waals surface area (Å²) in [5.41, 5.74) is 0.456. The van der Waals surface area contributed by atoms with Gasteiger partial charge in [-0.05, 0) is 25.4 Å². The molecule has 0 aromatic rings. The van der Waals surface area contributed by atoms with Gasteiger partial charge in [0.2, 0.25) is 0 Å². The van der Waals surface area contributed by atoms with Crippen LogP contribution in [0.5, 0.6) is 0 Å². The molecule has 0 unspecified atom stereocenters. The van der Waals surface area contributed by atoms with Gasteiger partial charge in [-0.1, -0.05) is 20.8 Å². The van der Waals surface area contributed by atoms with Gasteiger partial charge in [0, 0.05) is 26.2 Å². The van der Waals surface area contributed by atoms with Crippen molar-refractivity contribution in [3.8, 4) is 0 Å². The Morgan fingerprint density at radius 1 is 1.20 bits per heavy atom. The van der Waals surface area contributed by atoms with Crippen LogP contribution in [0.25, 0.3) is 0 Å². The molecule has 0 aromatic heterocycles. The lowest BCUT2D eigenvalue weighted by atomic mass is 9.92. The maximum absolute atomic E-state index is 3.38. The molecule has 3 nitrogen and oxygen atoms in total. The third-order valence-corrected chi connectivity index (χ3v) is 2.89. The van der Waals surface area contributed by atoms with Gasteiger partial charge < -0.3 is 5.32 Å². The van der Waals surface area contributed by atoms with Crippen molar-refractivity contribution in [3.05, 3.63) is 0 Å². The van der Waals surface area contributed by atoms with E-state index in [0.717, 1.165) is 19.8 Å². The molecule has 0 spiro atoms. The quantitative estimate of drug-likeness (QED) is 0.757. The lowest BCUT2D eigenvalue weighted by Gasteiger charge is -2.32. The van der Waals surface area contributed by atoms with E-state index in [1.54, 1.807) is 0 Å². The van der Waals surface area contributed by atoms with E-state index in [0.29, 0.717) is 5.41 Å². The fourth-order valence-electron chi connectivity index (χ4n) is 1.79. The Hall–Kier alpha value is -0.120. The molecule has 0 atom stereocenters. The first kappa shape index (κ1) is 12.9. The second kappa shape index (κ2) is 5.83. The summed E-state index contributed by atoms with van der Waals surface area (Å²) in [6, 6.07) is 0. The van der Waals surface area contributed by atoms with Crippen molar-refractivity contribution in [1.29, 1.82) is 0 Å². The fourth-order valence-corrected chi connectivity index (χ4v) is 1.79. The van der Waals surface area contributed by atoms with E-state index in [4.69, 9.17) is 0 Å². The zero-order chi connectivity index (χ0) is 11.3.